The van der Waals surface area contributed by atoms with Crippen LogP contribution in [0.2, 0.25) is 0 Å². The highest BCUT2D eigenvalue weighted by Crippen LogP contribution is 2.31. The van der Waals surface area contributed by atoms with Gasteiger partial charge in [-0.15, -0.1) is 0 Å². The third-order valence-electron chi connectivity index (χ3n) is 3.82. The summed E-state index contributed by atoms with van der Waals surface area (Å²) in [6.45, 7) is 0. The number of hydrogen-bond donors (Lipinski definition) is 2. The maximum absolute atomic E-state index is 11.9. The number of hydrogen-bond acceptors (Lipinski definition) is 3. The van der Waals surface area contributed by atoms with Crippen molar-refractivity contribution in [2.24, 2.45) is 11.8 Å². The van der Waals surface area contributed by atoms with Gasteiger partial charge in [-0.1, -0.05) is 19.3 Å². The first kappa shape index (κ1) is 13.8. The van der Waals surface area contributed by atoms with Crippen LogP contribution in [-0.2, 0) is 14.8 Å². The van der Waals surface area contributed by atoms with E-state index < -0.39 is 28.0 Å². The normalized spacial score (nSPS) is 29.8. The molecule has 0 spiro atoms. The molecule has 0 amide bonds. The first-order valence-corrected chi connectivity index (χ1v) is 8.36. The van der Waals surface area contributed by atoms with Crippen molar-refractivity contribution in [3.05, 3.63) is 0 Å². The highest BCUT2D eigenvalue weighted by atomic mass is 32.2. The van der Waals surface area contributed by atoms with Gasteiger partial charge in [0.15, 0.2) is 0 Å². The van der Waals surface area contributed by atoms with Crippen LogP contribution in [0.1, 0.15) is 44.9 Å². The van der Waals surface area contributed by atoms with Gasteiger partial charge in [0.25, 0.3) is 0 Å². The van der Waals surface area contributed by atoms with E-state index in [-0.39, 0.29) is 11.7 Å². The second-order valence-corrected chi connectivity index (χ2v) is 7.33. The van der Waals surface area contributed by atoms with Crippen molar-refractivity contribution in [1.82, 2.24) is 4.72 Å². The fourth-order valence-corrected chi connectivity index (χ4v) is 4.41. The van der Waals surface area contributed by atoms with Crippen LogP contribution in [0.25, 0.3) is 0 Å². The number of aliphatic carboxylic acids is 1. The predicted octanol–water partition coefficient (Wildman–Crippen LogP) is 1.35. The van der Waals surface area contributed by atoms with Gasteiger partial charge in [-0.3, -0.25) is 4.79 Å². The molecular formula is C12H21NO4S. The molecule has 2 atom stereocenters. The van der Waals surface area contributed by atoms with E-state index in [2.05, 4.69) is 4.72 Å². The van der Waals surface area contributed by atoms with Crippen LogP contribution in [0.3, 0.4) is 0 Å². The lowest BCUT2D eigenvalue weighted by atomic mass is 9.96. The van der Waals surface area contributed by atoms with Crippen LogP contribution < -0.4 is 4.72 Å². The monoisotopic (exact) mass is 275 g/mol. The summed E-state index contributed by atoms with van der Waals surface area (Å²) in [5, 5.41) is 9.19. The molecule has 0 saturated heterocycles. The van der Waals surface area contributed by atoms with Gasteiger partial charge in [0.05, 0.1) is 11.7 Å². The second kappa shape index (κ2) is 5.57. The van der Waals surface area contributed by atoms with E-state index >= 15 is 0 Å². The molecule has 0 aromatic rings. The minimum atomic E-state index is -3.31. The standard InChI is InChI=1S/C12H21NO4S/c14-12(15)10-4-2-1-3-5-11(10)13-18(16,17)8-9-6-7-9/h9-11,13H,1-8H2,(H,14,15). The SMILES string of the molecule is O=C(O)C1CCCCCC1NS(=O)(=O)CC1CC1. The van der Waals surface area contributed by atoms with Crippen molar-refractivity contribution in [2.45, 2.75) is 51.0 Å². The summed E-state index contributed by atoms with van der Waals surface area (Å²) in [6, 6.07) is -0.422. The maximum atomic E-state index is 11.9. The molecule has 18 heavy (non-hydrogen) atoms. The van der Waals surface area contributed by atoms with Crippen LogP contribution in [0.4, 0.5) is 0 Å². The van der Waals surface area contributed by atoms with E-state index in [1.165, 1.54) is 0 Å². The summed E-state index contributed by atoms with van der Waals surface area (Å²) in [6.07, 6.45) is 5.94. The summed E-state index contributed by atoms with van der Waals surface area (Å²) in [5.41, 5.74) is 0. The molecule has 0 aromatic carbocycles. The Morgan fingerprint density at radius 2 is 1.78 bits per heavy atom. The van der Waals surface area contributed by atoms with E-state index in [1.54, 1.807) is 0 Å². The van der Waals surface area contributed by atoms with E-state index in [9.17, 15) is 18.3 Å². The molecular weight excluding hydrogens is 254 g/mol. The molecule has 2 fully saturated rings. The van der Waals surface area contributed by atoms with E-state index in [0.29, 0.717) is 12.8 Å². The zero-order valence-corrected chi connectivity index (χ0v) is 11.3. The molecule has 0 aromatic heterocycles. The number of rotatable bonds is 5. The molecule has 0 radical (unpaired) electrons. The highest BCUT2D eigenvalue weighted by Gasteiger charge is 2.34. The Morgan fingerprint density at radius 1 is 1.11 bits per heavy atom. The van der Waals surface area contributed by atoms with E-state index in [0.717, 1.165) is 32.1 Å². The third-order valence-corrected chi connectivity index (χ3v) is 5.39. The molecule has 2 aliphatic carbocycles. The molecule has 2 aliphatic rings. The zero-order chi connectivity index (χ0) is 13.2. The Bertz CT molecular complexity index is 402. The lowest BCUT2D eigenvalue weighted by molar-refractivity contribution is -0.142. The fraction of sp³-hybridized carbons (Fsp3) is 0.917. The van der Waals surface area contributed by atoms with Crippen LogP contribution in [0.15, 0.2) is 0 Å². The Labute approximate surface area is 108 Å². The smallest absolute Gasteiger partial charge is 0.308 e. The van der Waals surface area contributed by atoms with Crippen LogP contribution in [0.5, 0.6) is 0 Å². The Hall–Kier alpha value is -0.620. The van der Waals surface area contributed by atoms with Gasteiger partial charge < -0.3 is 5.11 Å². The average molecular weight is 275 g/mol. The Morgan fingerprint density at radius 3 is 2.39 bits per heavy atom. The van der Waals surface area contributed by atoms with Gasteiger partial charge in [-0.25, -0.2) is 13.1 Å². The van der Waals surface area contributed by atoms with Crippen molar-refractivity contribution in [3.63, 3.8) is 0 Å². The lowest BCUT2D eigenvalue weighted by Gasteiger charge is -2.22. The summed E-state index contributed by atoms with van der Waals surface area (Å²) in [4.78, 5) is 11.2. The van der Waals surface area contributed by atoms with Gasteiger partial charge in [-0.2, -0.15) is 0 Å². The molecule has 2 rings (SSSR count). The van der Waals surface area contributed by atoms with E-state index in [1.807, 2.05) is 0 Å². The highest BCUT2D eigenvalue weighted by molar-refractivity contribution is 7.89. The molecule has 5 nitrogen and oxygen atoms in total. The number of carboxylic acids is 1. The number of carboxylic acid groups (broad SMARTS) is 1. The number of nitrogens with one attached hydrogen (secondary N) is 1. The van der Waals surface area contributed by atoms with Crippen molar-refractivity contribution in [1.29, 1.82) is 0 Å². The summed E-state index contributed by atoms with van der Waals surface area (Å²) in [5.74, 6) is -0.996. The van der Waals surface area contributed by atoms with Crippen molar-refractivity contribution < 1.29 is 18.3 Å². The Balaban J connectivity index is 2.00. The van der Waals surface area contributed by atoms with Gasteiger partial charge in [0, 0.05) is 6.04 Å². The number of sulfonamides is 1. The first-order chi connectivity index (χ1) is 8.48. The van der Waals surface area contributed by atoms with Gasteiger partial charge >= 0.3 is 5.97 Å². The summed E-state index contributed by atoms with van der Waals surface area (Å²) >= 11 is 0. The van der Waals surface area contributed by atoms with Crippen LogP contribution >= 0.6 is 0 Å². The molecule has 2 N–H and O–H groups in total. The summed E-state index contributed by atoms with van der Waals surface area (Å²) < 4.78 is 26.5. The molecule has 6 heteroatoms. The van der Waals surface area contributed by atoms with Crippen LogP contribution in [0, 0.1) is 11.8 Å². The predicted molar refractivity (Wildman–Crippen MR) is 67.6 cm³/mol. The molecule has 2 saturated carbocycles. The minimum Gasteiger partial charge on any atom is -0.481 e. The van der Waals surface area contributed by atoms with Crippen molar-refractivity contribution in [3.8, 4) is 0 Å². The first-order valence-electron chi connectivity index (χ1n) is 6.71. The van der Waals surface area contributed by atoms with E-state index in [4.69, 9.17) is 0 Å². The quantitative estimate of drug-likeness (QED) is 0.742. The molecule has 104 valence electrons. The summed E-state index contributed by atoms with van der Waals surface area (Å²) in [7, 11) is -3.31. The third kappa shape index (κ3) is 3.95. The zero-order valence-electron chi connectivity index (χ0n) is 10.5. The molecule has 0 heterocycles. The number of carbonyl (C=O) groups is 1. The van der Waals surface area contributed by atoms with Gasteiger partial charge in [0.2, 0.25) is 10.0 Å². The Kier molecular flexibility index (Phi) is 4.27. The molecule has 0 aliphatic heterocycles. The second-order valence-electron chi connectivity index (χ2n) is 5.53. The average Bonchev–Trinajstić information content (AvgIpc) is 3.04. The fourth-order valence-electron chi connectivity index (χ4n) is 2.62. The molecule has 2 unspecified atom stereocenters. The maximum Gasteiger partial charge on any atom is 0.308 e. The van der Waals surface area contributed by atoms with Crippen molar-refractivity contribution in [2.75, 3.05) is 5.75 Å². The molecule has 0 bridgehead atoms. The van der Waals surface area contributed by atoms with Crippen molar-refractivity contribution >= 4 is 16.0 Å². The largest absolute Gasteiger partial charge is 0.481 e. The van der Waals surface area contributed by atoms with Gasteiger partial charge in [-0.05, 0) is 31.6 Å². The minimum absolute atomic E-state index is 0.163. The van der Waals surface area contributed by atoms with Gasteiger partial charge in [0.1, 0.15) is 0 Å². The lowest BCUT2D eigenvalue weighted by Crippen LogP contribution is -2.43. The topological polar surface area (TPSA) is 83.5 Å². The van der Waals surface area contributed by atoms with Crippen LogP contribution in [-0.4, -0.2) is 31.3 Å².